The zero-order valence-corrected chi connectivity index (χ0v) is 19.7. The average molecular weight is 543 g/mol. The Labute approximate surface area is 208 Å². The van der Waals surface area contributed by atoms with Crippen molar-refractivity contribution >= 4 is 11.7 Å². The summed E-state index contributed by atoms with van der Waals surface area (Å²) in [5.41, 5.74) is -2.34. The highest BCUT2D eigenvalue weighted by atomic mass is 19.4. The maximum Gasteiger partial charge on any atom is 0.573 e. The van der Waals surface area contributed by atoms with E-state index in [2.05, 4.69) is 20.7 Å². The van der Waals surface area contributed by atoms with Gasteiger partial charge >= 0.3 is 18.6 Å². The van der Waals surface area contributed by atoms with Crippen LogP contribution < -0.4 is 20.7 Å². The van der Waals surface area contributed by atoms with Crippen molar-refractivity contribution in [2.45, 2.75) is 81.5 Å². The molecular weight excluding hydrogens is 515 g/mol. The average Bonchev–Trinajstić information content (AvgIpc) is 2.75. The minimum absolute atomic E-state index is 0.0403. The summed E-state index contributed by atoms with van der Waals surface area (Å²) in [7, 11) is 0. The van der Waals surface area contributed by atoms with Crippen LogP contribution >= 0.6 is 0 Å². The van der Waals surface area contributed by atoms with Crippen LogP contribution in [0, 0.1) is 11.7 Å². The van der Waals surface area contributed by atoms with Crippen LogP contribution in [0.3, 0.4) is 0 Å². The Hall–Kier alpha value is -2.32. The number of urea groups is 1. The van der Waals surface area contributed by atoms with Crippen LogP contribution in [0.4, 0.5) is 41.2 Å². The molecule has 14 heteroatoms. The third-order valence-corrected chi connectivity index (χ3v) is 7.07. The van der Waals surface area contributed by atoms with Crippen molar-refractivity contribution in [3.05, 3.63) is 24.0 Å². The molecule has 208 valence electrons. The van der Waals surface area contributed by atoms with Crippen molar-refractivity contribution in [1.82, 2.24) is 10.6 Å². The number of hydrogen-bond donors (Lipinski definition) is 3. The third-order valence-electron chi connectivity index (χ3n) is 7.07. The van der Waals surface area contributed by atoms with Gasteiger partial charge in [0.05, 0.1) is 18.8 Å². The second-order valence-electron chi connectivity index (χ2n) is 9.47. The fraction of sp³-hybridized carbons (Fsp3) is 0.696. The largest absolute Gasteiger partial charge is 0.573 e. The molecule has 3 N–H and O–H groups in total. The number of piperidine rings is 1. The molecule has 2 amide bonds. The molecule has 4 unspecified atom stereocenters. The Morgan fingerprint density at radius 2 is 1.81 bits per heavy atom. The van der Waals surface area contributed by atoms with E-state index < -0.39 is 60.0 Å². The highest BCUT2D eigenvalue weighted by Crippen LogP contribution is 2.52. The Kier molecular flexibility index (Phi) is 8.10. The minimum Gasteiger partial charge on any atom is -0.403 e. The van der Waals surface area contributed by atoms with Crippen LogP contribution in [0.5, 0.6) is 5.75 Å². The molecule has 37 heavy (non-hydrogen) atoms. The number of nitrogens with one attached hydrogen (secondary N) is 3. The predicted octanol–water partition coefficient (Wildman–Crippen LogP) is 5.22. The smallest absolute Gasteiger partial charge is 0.403 e. The number of ether oxygens (including phenoxy) is 3. The second kappa shape index (κ2) is 10.8. The van der Waals surface area contributed by atoms with E-state index in [1.54, 1.807) is 0 Å². The number of carbonyl (C=O) groups excluding carboxylic acids is 1. The van der Waals surface area contributed by atoms with Gasteiger partial charge in [-0.3, -0.25) is 5.32 Å². The number of benzene rings is 1. The van der Waals surface area contributed by atoms with Crippen LogP contribution in [0.1, 0.15) is 44.9 Å². The number of rotatable bonds is 6. The SMILES string of the molecule is O=C(Nc1ccc(OC(F)(F)F)c(F)c1)NC1CCCNC1OC1CCCCC1[C@@]1(C(F)(F)F)CCO1. The van der Waals surface area contributed by atoms with Crippen molar-refractivity contribution in [3.63, 3.8) is 0 Å². The summed E-state index contributed by atoms with van der Waals surface area (Å²) < 4.78 is 108. The summed E-state index contributed by atoms with van der Waals surface area (Å²) in [5, 5.41) is 8.10. The van der Waals surface area contributed by atoms with Crippen molar-refractivity contribution < 1.29 is 49.7 Å². The number of hydrogen-bond acceptors (Lipinski definition) is 5. The normalized spacial score (nSPS) is 30.8. The van der Waals surface area contributed by atoms with Crippen LogP contribution in [0.2, 0.25) is 0 Å². The molecule has 1 saturated carbocycles. The van der Waals surface area contributed by atoms with Crippen molar-refractivity contribution in [3.8, 4) is 5.75 Å². The Morgan fingerprint density at radius 3 is 2.43 bits per heavy atom. The van der Waals surface area contributed by atoms with Gasteiger partial charge in [-0.2, -0.15) is 13.2 Å². The maximum atomic E-state index is 13.9. The van der Waals surface area contributed by atoms with E-state index in [-0.39, 0.29) is 18.7 Å². The molecule has 0 radical (unpaired) electrons. The van der Waals surface area contributed by atoms with Gasteiger partial charge in [0.15, 0.2) is 17.2 Å². The molecule has 4 rings (SSSR count). The van der Waals surface area contributed by atoms with Gasteiger partial charge in [-0.25, -0.2) is 9.18 Å². The molecule has 1 aliphatic carbocycles. The molecule has 5 atom stereocenters. The van der Waals surface area contributed by atoms with Gasteiger partial charge in [0.2, 0.25) is 0 Å². The van der Waals surface area contributed by atoms with Crippen molar-refractivity contribution in [1.29, 1.82) is 0 Å². The van der Waals surface area contributed by atoms with Gasteiger partial charge in [-0.05, 0) is 44.4 Å². The van der Waals surface area contributed by atoms with E-state index >= 15 is 0 Å². The first-order valence-electron chi connectivity index (χ1n) is 12.1. The second-order valence-corrected chi connectivity index (χ2v) is 9.47. The van der Waals surface area contributed by atoms with Crippen molar-refractivity contribution in [2.75, 3.05) is 18.5 Å². The minimum atomic E-state index is -5.07. The lowest BCUT2D eigenvalue weighted by Gasteiger charge is -2.52. The molecule has 0 bridgehead atoms. The lowest BCUT2D eigenvalue weighted by Crippen LogP contribution is -2.65. The van der Waals surface area contributed by atoms with Crippen LogP contribution in [0.15, 0.2) is 18.2 Å². The Morgan fingerprint density at radius 1 is 1.08 bits per heavy atom. The van der Waals surface area contributed by atoms with Crippen LogP contribution in [-0.4, -0.2) is 55.7 Å². The Bertz CT molecular complexity index is 955. The van der Waals surface area contributed by atoms with E-state index in [1.165, 1.54) is 0 Å². The topological polar surface area (TPSA) is 80.9 Å². The van der Waals surface area contributed by atoms with E-state index in [0.29, 0.717) is 51.1 Å². The molecule has 1 aromatic rings. The molecule has 3 fully saturated rings. The molecule has 1 aromatic carbocycles. The zero-order chi connectivity index (χ0) is 26.8. The summed E-state index contributed by atoms with van der Waals surface area (Å²) in [5.74, 6) is -3.23. The number of anilines is 1. The highest BCUT2D eigenvalue weighted by Gasteiger charge is 2.66. The molecule has 0 aromatic heterocycles. The van der Waals surface area contributed by atoms with Gasteiger partial charge in [0.25, 0.3) is 0 Å². The zero-order valence-electron chi connectivity index (χ0n) is 19.7. The molecule has 3 aliphatic rings. The number of alkyl halides is 6. The lowest BCUT2D eigenvalue weighted by molar-refractivity contribution is -0.358. The van der Waals surface area contributed by atoms with E-state index in [4.69, 9.17) is 9.47 Å². The summed E-state index contributed by atoms with van der Waals surface area (Å²) in [4.78, 5) is 12.5. The monoisotopic (exact) mass is 543 g/mol. The fourth-order valence-electron chi connectivity index (χ4n) is 5.30. The van der Waals surface area contributed by atoms with Gasteiger partial charge in [-0.15, -0.1) is 13.2 Å². The summed E-state index contributed by atoms with van der Waals surface area (Å²) >= 11 is 0. The maximum absolute atomic E-state index is 13.9. The van der Waals surface area contributed by atoms with Gasteiger partial charge < -0.3 is 24.8 Å². The van der Waals surface area contributed by atoms with Gasteiger partial charge in [-0.1, -0.05) is 12.8 Å². The standard InChI is InChI=1S/C23H28F7N3O4/c24-15-12-13(7-8-18(15)37-23(28,29)30)32-20(34)33-16-5-3-10-31-19(16)36-17-6-2-1-4-14(17)21(9-11-35-21)22(25,26)27/h7-8,12,14,16-17,19,31H,1-6,9-11H2,(H2,32,33,34)/t14?,16?,17?,19?,21-/m1/s1. The quantitative estimate of drug-likeness (QED) is 0.429. The van der Waals surface area contributed by atoms with Crippen LogP contribution in [0.25, 0.3) is 0 Å². The fourth-order valence-corrected chi connectivity index (χ4v) is 5.30. The highest BCUT2D eigenvalue weighted by molar-refractivity contribution is 5.89. The van der Waals surface area contributed by atoms with E-state index in [9.17, 15) is 35.5 Å². The molecule has 2 saturated heterocycles. The molecule has 2 aliphatic heterocycles. The number of amides is 2. The number of halogens is 7. The third kappa shape index (κ3) is 6.40. The van der Waals surface area contributed by atoms with Crippen molar-refractivity contribution in [2.24, 2.45) is 5.92 Å². The first-order chi connectivity index (χ1) is 17.4. The lowest BCUT2D eigenvalue weighted by atomic mass is 9.70. The molecule has 7 nitrogen and oxygen atoms in total. The molecular formula is C23H28F7N3O4. The summed E-state index contributed by atoms with van der Waals surface area (Å²) in [6.07, 6.45) is -8.00. The predicted molar refractivity (Wildman–Crippen MR) is 116 cm³/mol. The van der Waals surface area contributed by atoms with E-state index in [0.717, 1.165) is 12.1 Å². The first-order valence-corrected chi connectivity index (χ1v) is 12.1. The van der Waals surface area contributed by atoms with E-state index in [1.807, 2.05) is 0 Å². The van der Waals surface area contributed by atoms with Gasteiger partial charge in [0, 0.05) is 24.1 Å². The van der Waals surface area contributed by atoms with Gasteiger partial charge in [0.1, 0.15) is 6.23 Å². The number of carbonyl (C=O) groups is 1. The first kappa shape index (κ1) is 27.7. The van der Waals surface area contributed by atoms with Crippen LogP contribution in [-0.2, 0) is 9.47 Å². The molecule has 0 spiro atoms. The summed E-state index contributed by atoms with van der Waals surface area (Å²) in [6.45, 7) is 0.577. The Balaban J connectivity index is 1.39. The summed E-state index contributed by atoms with van der Waals surface area (Å²) in [6, 6.07) is 1.06. The molecule has 2 heterocycles.